The molecular formula is C37H66N6O5. The molecule has 0 aliphatic carbocycles. The molecule has 1 aliphatic heterocycles. The van der Waals surface area contributed by atoms with Crippen molar-refractivity contribution < 1.29 is 24.0 Å². The van der Waals surface area contributed by atoms with E-state index in [2.05, 4.69) is 15.5 Å². The minimum Gasteiger partial charge on any atom is -0.356 e. The number of carbonyl (C=O) groups excluding carboxylic acids is 5. The van der Waals surface area contributed by atoms with Gasteiger partial charge in [0.15, 0.2) is 0 Å². The first kappa shape index (κ1) is 43.2. The second-order valence-electron chi connectivity index (χ2n) is 13.5. The molecule has 0 bridgehead atoms. The van der Waals surface area contributed by atoms with Gasteiger partial charge in [-0.25, -0.2) is 6.57 Å². The molecule has 3 atom stereocenters. The van der Waals surface area contributed by atoms with Crippen molar-refractivity contribution in [3.8, 4) is 0 Å². The molecule has 1 heterocycles. The molecule has 1 aliphatic rings. The summed E-state index contributed by atoms with van der Waals surface area (Å²) in [5.74, 6) is 0.193. The highest BCUT2D eigenvalue weighted by molar-refractivity contribution is 5.83. The number of unbranched alkanes of at least 4 members (excludes halogenated alkanes) is 14. The predicted molar refractivity (Wildman–Crippen MR) is 191 cm³/mol. The van der Waals surface area contributed by atoms with Gasteiger partial charge in [0.05, 0.1) is 12.1 Å². The molecule has 0 aromatic rings. The van der Waals surface area contributed by atoms with Gasteiger partial charge in [0.1, 0.15) is 12.1 Å². The van der Waals surface area contributed by atoms with Crippen molar-refractivity contribution in [2.24, 2.45) is 11.5 Å². The van der Waals surface area contributed by atoms with Gasteiger partial charge in [0.2, 0.25) is 17.7 Å². The molecule has 1 fully saturated rings. The summed E-state index contributed by atoms with van der Waals surface area (Å²) >= 11 is 0. The van der Waals surface area contributed by atoms with Gasteiger partial charge in [0, 0.05) is 51.7 Å². The highest BCUT2D eigenvalue weighted by Crippen LogP contribution is 2.19. The lowest BCUT2D eigenvalue weighted by Crippen LogP contribution is -2.45. The fraction of sp³-hybridized carbons (Fsp3) is 0.838. The summed E-state index contributed by atoms with van der Waals surface area (Å²) < 4.78 is 0. The van der Waals surface area contributed by atoms with E-state index in [0.717, 1.165) is 103 Å². The van der Waals surface area contributed by atoms with Gasteiger partial charge < -0.3 is 26.9 Å². The molecule has 1 rings (SSSR count). The molecule has 48 heavy (non-hydrogen) atoms. The number of carbonyl (C=O) groups is 5. The van der Waals surface area contributed by atoms with Gasteiger partial charge in [-0.15, -0.1) is 0 Å². The lowest BCUT2D eigenvalue weighted by Gasteiger charge is -2.20. The zero-order chi connectivity index (χ0) is 35.2. The summed E-state index contributed by atoms with van der Waals surface area (Å²) in [4.78, 5) is 64.1. The second-order valence-corrected chi connectivity index (χ2v) is 13.5. The summed E-state index contributed by atoms with van der Waals surface area (Å²) in [6.45, 7) is 9.05. The molecular weight excluding hydrogens is 608 g/mol. The third-order valence-electron chi connectivity index (χ3n) is 9.18. The van der Waals surface area contributed by atoms with E-state index in [1.165, 1.54) is 19.3 Å². The quantitative estimate of drug-likeness (QED) is 0.0429. The number of nitrogens with zero attached hydrogens (tertiary/aromatic N) is 2. The molecule has 0 spiro atoms. The van der Waals surface area contributed by atoms with Crippen LogP contribution in [0.3, 0.4) is 0 Å². The van der Waals surface area contributed by atoms with E-state index in [0.29, 0.717) is 63.9 Å². The van der Waals surface area contributed by atoms with Crippen LogP contribution in [-0.2, 0) is 24.0 Å². The number of rotatable bonds is 31. The van der Waals surface area contributed by atoms with E-state index >= 15 is 0 Å². The van der Waals surface area contributed by atoms with Crippen molar-refractivity contribution in [3.05, 3.63) is 11.4 Å². The average Bonchev–Trinajstić information content (AvgIpc) is 3.57. The standard InChI is InChI=1S/C37H66N6O5/c1-40-34-23-19-29-43(34)37(48)33(39)25-26-36(47)42-27-17-12-8-4-6-10-14-22-32(45)21-13-9-5-2-3-7-11-15-24-35(46)41-28-18-16-20-31(38)30-44/h30-31,33-34H,2-29,38-39H2,(H,41,46)(H,42,47)/t31-,33?,34-/m0/s1. The SMILES string of the molecule is [C-]#[N+][C@@H]1CCCN1C(=O)C(N)CCC(=O)NCCCCCCCCCC(=O)CCCCCCCCCCC(=O)NCCCC[C@H](N)C=O. The molecule has 0 saturated carbocycles. The number of nitrogens with one attached hydrogen (secondary N) is 2. The van der Waals surface area contributed by atoms with Gasteiger partial charge in [-0.3, -0.25) is 28.9 Å². The monoisotopic (exact) mass is 675 g/mol. The molecule has 0 aromatic heterocycles. The maximum atomic E-state index is 12.4. The second kappa shape index (κ2) is 29.1. The maximum Gasteiger partial charge on any atom is 0.300 e. The van der Waals surface area contributed by atoms with Crippen LogP contribution in [0, 0.1) is 6.57 Å². The Bertz CT molecular complexity index is 955. The maximum absolute atomic E-state index is 12.4. The zero-order valence-electron chi connectivity index (χ0n) is 29.7. The summed E-state index contributed by atoms with van der Waals surface area (Å²) in [5.41, 5.74) is 11.5. The van der Waals surface area contributed by atoms with Crippen molar-refractivity contribution >= 4 is 29.8 Å². The normalized spacial score (nSPS) is 15.4. The fourth-order valence-corrected chi connectivity index (χ4v) is 6.09. The van der Waals surface area contributed by atoms with Crippen LogP contribution in [0.2, 0.25) is 0 Å². The van der Waals surface area contributed by atoms with Crippen LogP contribution in [0.4, 0.5) is 0 Å². The summed E-state index contributed by atoms with van der Waals surface area (Å²) in [6.07, 6.45) is 23.0. The fourth-order valence-electron chi connectivity index (χ4n) is 6.09. The minimum atomic E-state index is -0.732. The first-order valence-electron chi connectivity index (χ1n) is 19.0. The van der Waals surface area contributed by atoms with Crippen LogP contribution < -0.4 is 22.1 Å². The lowest BCUT2D eigenvalue weighted by atomic mass is 10.0. The van der Waals surface area contributed by atoms with Gasteiger partial charge in [-0.2, -0.15) is 0 Å². The van der Waals surface area contributed by atoms with E-state index in [9.17, 15) is 24.0 Å². The van der Waals surface area contributed by atoms with E-state index < -0.39 is 12.2 Å². The predicted octanol–water partition coefficient (Wildman–Crippen LogP) is 5.48. The molecule has 1 unspecified atom stereocenters. The number of Topliss-reactive ketones (excluding diaryl/α,β-unsaturated/α-hetero) is 1. The van der Waals surface area contributed by atoms with E-state index in [1.807, 2.05) is 0 Å². The Morgan fingerprint density at radius 1 is 0.688 bits per heavy atom. The van der Waals surface area contributed by atoms with Crippen LogP contribution in [0.25, 0.3) is 4.85 Å². The van der Waals surface area contributed by atoms with E-state index in [1.54, 1.807) is 4.90 Å². The number of ketones is 1. The number of hydrogen-bond acceptors (Lipinski definition) is 7. The molecule has 3 amide bonds. The first-order valence-corrected chi connectivity index (χ1v) is 19.0. The highest BCUT2D eigenvalue weighted by atomic mass is 16.2. The van der Waals surface area contributed by atoms with Crippen LogP contribution in [0.5, 0.6) is 0 Å². The Labute approximate surface area is 290 Å². The third-order valence-corrected chi connectivity index (χ3v) is 9.18. The molecule has 11 nitrogen and oxygen atoms in total. The first-order chi connectivity index (χ1) is 23.3. The number of likely N-dealkylation sites (tertiary alicyclic amines) is 1. The Balaban J connectivity index is 1.82. The molecule has 274 valence electrons. The van der Waals surface area contributed by atoms with Crippen LogP contribution in [0.1, 0.15) is 161 Å². The van der Waals surface area contributed by atoms with Gasteiger partial charge in [0.25, 0.3) is 0 Å². The van der Waals surface area contributed by atoms with Gasteiger partial charge >= 0.3 is 6.17 Å². The molecule has 6 N–H and O–H groups in total. The van der Waals surface area contributed by atoms with E-state index in [-0.39, 0.29) is 30.2 Å². The number of aldehydes is 1. The van der Waals surface area contributed by atoms with Crippen molar-refractivity contribution in [3.63, 3.8) is 0 Å². The molecule has 0 radical (unpaired) electrons. The molecule has 11 heteroatoms. The Hall–Kier alpha value is -2.84. The molecule has 0 aromatic carbocycles. The van der Waals surface area contributed by atoms with Crippen molar-refractivity contribution in [1.29, 1.82) is 0 Å². The van der Waals surface area contributed by atoms with Gasteiger partial charge in [-0.1, -0.05) is 70.6 Å². The number of nitrogens with two attached hydrogens (primary N) is 2. The summed E-state index contributed by atoms with van der Waals surface area (Å²) in [6, 6.07) is -1.12. The molecule has 1 saturated heterocycles. The zero-order valence-corrected chi connectivity index (χ0v) is 29.7. The Kier molecular flexibility index (Phi) is 26.2. The lowest BCUT2D eigenvalue weighted by molar-refractivity contribution is -0.133. The van der Waals surface area contributed by atoms with Crippen LogP contribution in [0.15, 0.2) is 0 Å². The smallest absolute Gasteiger partial charge is 0.300 e. The Morgan fingerprint density at radius 3 is 1.71 bits per heavy atom. The Morgan fingerprint density at radius 2 is 1.17 bits per heavy atom. The van der Waals surface area contributed by atoms with Crippen LogP contribution >= 0.6 is 0 Å². The number of amides is 3. The largest absolute Gasteiger partial charge is 0.356 e. The van der Waals surface area contributed by atoms with Crippen molar-refractivity contribution in [1.82, 2.24) is 15.5 Å². The minimum absolute atomic E-state index is 0.0835. The van der Waals surface area contributed by atoms with Gasteiger partial charge in [-0.05, 0) is 57.8 Å². The summed E-state index contributed by atoms with van der Waals surface area (Å²) in [7, 11) is 0. The number of hydrogen-bond donors (Lipinski definition) is 4. The highest BCUT2D eigenvalue weighted by Gasteiger charge is 2.35. The topological polar surface area (TPSA) is 169 Å². The van der Waals surface area contributed by atoms with Crippen molar-refractivity contribution in [2.45, 2.75) is 179 Å². The third kappa shape index (κ3) is 22.7. The average molecular weight is 675 g/mol. The summed E-state index contributed by atoms with van der Waals surface area (Å²) in [5, 5.41) is 5.85. The van der Waals surface area contributed by atoms with Crippen LogP contribution in [-0.4, -0.2) is 72.6 Å². The van der Waals surface area contributed by atoms with Crippen molar-refractivity contribution in [2.75, 3.05) is 19.6 Å². The van der Waals surface area contributed by atoms with E-state index in [4.69, 9.17) is 18.0 Å².